The molecule has 0 saturated carbocycles. The lowest BCUT2D eigenvalue weighted by Gasteiger charge is -2.28. The lowest BCUT2D eigenvalue weighted by molar-refractivity contribution is -0.189. The summed E-state index contributed by atoms with van der Waals surface area (Å²) in [5, 5.41) is 0. The summed E-state index contributed by atoms with van der Waals surface area (Å²) in [4.78, 5) is 23.8. The van der Waals surface area contributed by atoms with E-state index in [4.69, 9.17) is 14.2 Å². The van der Waals surface area contributed by atoms with Crippen LogP contribution in [-0.4, -0.2) is 29.9 Å². The Morgan fingerprint density at radius 1 is 1.25 bits per heavy atom. The van der Waals surface area contributed by atoms with E-state index < -0.39 is 17.9 Å². The van der Waals surface area contributed by atoms with Crippen molar-refractivity contribution in [2.75, 3.05) is 0 Å². The Kier molecular flexibility index (Phi) is 2.15. The van der Waals surface area contributed by atoms with Crippen molar-refractivity contribution in [2.45, 2.75) is 44.7 Å². The molecule has 0 aromatic carbocycles. The molecule has 0 aromatic rings. The van der Waals surface area contributed by atoms with Gasteiger partial charge in [-0.2, -0.15) is 0 Å². The van der Waals surface area contributed by atoms with Crippen LogP contribution in [0, 0.1) is 0 Å². The predicted octanol–water partition coefficient (Wildman–Crippen LogP) is 1.55. The van der Waals surface area contributed by atoms with Crippen molar-refractivity contribution >= 4 is 11.9 Å². The third-order valence-corrected chi connectivity index (χ3v) is 4.38. The summed E-state index contributed by atoms with van der Waals surface area (Å²) in [6.07, 6.45) is 4.23. The highest BCUT2D eigenvalue weighted by molar-refractivity contribution is 5.95. The monoisotopic (exact) mass is 274 g/mol. The zero-order chi connectivity index (χ0) is 14.1. The summed E-state index contributed by atoms with van der Waals surface area (Å²) < 4.78 is 16.9. The molecule has 0 amide bonds. The predicted molar refractivity (Wildman–Crippen MR) is 67.4 cm³/mol. The fourth-order valence-corrected chi connectivity index (χ4v) is 3.35. The molecule has 4 rings (SSSR count). The molecule has 0 radical (unpaired) electrons. The van der Waals surface area contributed by atoms with Crippen molar-refractivity contribution in [3.8, 4) is 0 Å². The van der Waals surface area contributed by atoms with Crippen LogP contribution in [0.25, 0.3) is 0 Å². The van der Waals surface area contributed by atoms with Gasteiger partial charge in [0.15, 0.2) is 0 Å². The van der Waals surface area contributed by atoms with E-state index in [0.29, 0.717) is 29.6 Å². The molecular formula is C15H14O5. The normalized spacial score (nSPS) is 38.5. The number of esters is 2. The second-order valence-electron chi connectivity index (χ2n) is 5.65. The van der Waals surface area contributed by atoms with Crippen molar-refractivity contribution in [2.24, 2.45) is 0 Å². The summed E-state index contributed by atoms with van der Waals surface area (Å²) in [6.45, 7) is 3.64. The van der Waals surface area contributed by atoms with Gasteiger partial charge in [-0.05, 0) is 44.4 Å². The standard InChI is InChI=1S/C15H14O5/c1-7-6-15-12(8(2)13(16)20-15)11-5-9(14(17)18-11)3-4-10(7)19-15/h5-6,10-11H,3-4H2,1-2H3/t10-,11+,15+/m0/s1. The van der Waals surface area contributed by atoms with Crippen molar-refractivity contribution in [1.29, 1.82) is 0 Å². The van der Waals surface area contributed by atoms with E-state index in [1.807, 2.05) is 13.0 Å². The summed E-state index contributed by atoms with van der Waals surface area (Å²) in [6, 6.07) is 0. The number of rotatable bonds is 0. The van der Waals surface area contributed by atoms with Crippen LogP contribution in [0.2, 0.25) is 0 Å². The quantitative estimate of drug-likeness (QED) is 0.495. The molecule has 4 aliphatic heterocycles. The minimum absolute atomic E-state index is 0.128. The van der Waals surface area contributed by atoms with Crippen LogP contribution in [0.4, 0.5) is 0 Å². The number of carbonyl (C=O) groups excluding carboxylic acids is 2. The number of carbonyl (C=O) groups is 2. The van der Waals surface area contributed by atoms with E-state index >= 15 is 0 Å². The van der Waals surface area contributed by atoms with Crippen molar-refractivity contribution in [1.82, 2.24) is 0 Å². The van der Waals surface area contributed by atoms with E-state index in [9.17, 15) is 9.59 Å². The van der Waals surface area contributed by atoms with Crippen LogP contribution in [0.5, 0.6) is 0 Å². The Balaban J connectivity index is 1.92. The molecule has 20 heavy (non-hydrogen) atoms. The molecule has 0 aromatic heterocycles. The highest BCUT2D eigenvalue weighted by atomic mass is 16.7. The van der Waals surface area contributed by atoms with Gasteiger partial charge in [0.25, 0.3) is 5.79 Å². The fourth-order valence-electron chi connectivity index (χ4n) is 3.35. The summed E-state index contributed by atoms with van der Waals surface area (Å²) >= 11 is 0. The van der Waals surface area contributed by atoms with Gasteiger partial charge in [-0.25, -0.2) is 9.59 Å². The Morgan fingerprint density at radius 2 is 2.05 bits per heavy atom. The molecule has 4 bridgehead atoms. The molecular weight excluding hydrogens is 260 g/mol. The molecule has 1 spiro atoms. The average molecular weight is 274 g/mol. The smallest absolute Gasteiger partial charge is 0.337 e. The van der Waals surface area contributed by atoms with E-state index in [-0.39, 0.29) is 12.1 Å². The first-order chi connectivity index (χ1) is 9.50. The van der Waals surface area contributed by atoms with Crippen molar-refractivity contribution in [3.63, 3.8) is 0 Å². The second kappa shape index (κ2) is 3.61. The lowest BCUT2D eigenvalue weighted by atomic mass is 9.94. The zero-order valence-corrected chi connectivity index (χ0v) is 11.3. The average Bonchev–Trinajstić information content (AvgIpc) is 2.96. The molecule has 4 heterocycles. The van der Waals surface area contributed by atoms with Crippen LogP contribution in [0.3, 0.4) is 0 Å². The minimum Gasteiger partial charge on any atom is -0.450 e. The van der Waals surface area contributed by atoms with Crippen LogP contribution >= 0.6 is 0 Å². The highest BCUT2D eigenvalue weighted by Crippen LogP contribution is 2.47. The van der Waals surface area contributed by atoms with Gasteiger partial charge in [-0.1, -0.05) is 0 Å². The van der Waals surface area contributed by atoms with Crippen molar-refractivity contribution < 1.29 is 23.8 Å². The first kappa shape index (κ1) is 11.9. The van der Waals surface area contributed by atoms with Gasteiger partial charge in [-0.3, -0.25) is 0 Å². The molecule has 0 N–H and O–H groups in total. The molecule has 0 aliphatic carbocycles. The van der Waals surface area contributed by atoms with E-state index in [1.54, 1.807) is 13.0 Å². The van der Waals surface area contributed by atoms with Gasteiger partial charge < -0.3 is 14.2 Å². The fraction of sp³-hybridized carbons (Fsp3) is 0.467. The Labute approximate surface area is 115 Å². The maximum Gasteiger partial charge on any atom is 0.337 e. The molecule has 5 nitrogen and oxygen atoms in total. The number of ether oxygens (including phenoxy) is 3. The van der Waals surface area contributed by atoms with Gasteiger partial charge in [0.05, 0.1) is 11.7 Å². The second-order valence-corrected chi connectivity index (χ2v) is 5.65. The maximum absolute atomic E-state index is 11.9. The van der Waals surface area contributed by atoms with Crippen LogP contribution in [-0.2, 0) is 23.8 Å². The first-order valence-corrected chi connectivity index (χ1v) is 6.73. The van der Waals surface area contributed by atoms with Crippen molar-refractivity contribution in [3.05, 3.63) is 34.4 Å². The van der Waals surface area contributed by atoms with Gasteiger partial charge >= 0.3 is 11.9 Å². The molecule has 0 fully saturated rings. The molecule has 3 atom stereocenters. The third-order valence-electron chi connectivity index (χ3n) is 4.38. The van der Waals surface area contributed by atoms with Crippen LogP contribution in [0.1, 0.15) is 26.7 Å². The Morgan fingerprint density at radius 3 is 2.85 bits per heavy atom. The zero-order valence-electron chi connectivity index (χ0n) is 11.3. The molecule has 5 heteroatoms. The summed E-state index contributed by atoms with van der Waals surface area (Å²) in [7, 11) is 0. The molecule has 0 saturated heterocycles. The van der Waals surface area contributed by atoms with Gasteiger partial charge in [0.2, 0.25) is 0 Å². The summed E-state index contributed by atoms with van der Waals surface area (Å²) in [5.41, 5.74) is 2.76. The van der Waals surface area contributed by atoms with Crippen LogP contribution < -0.4 is 0 Å². The SMILES string of the molecule is CC1=C[C@@]23OC(=O)C(C)=C2[C@H]2C=C(CC[C@@H]1O3)C(=O)O2. The number of hydrogen-bond acceptors (Lipinski definition) is 5. The Bertz CT molecular complexity index is 639. The topological polar surface area (TPSA) is 61.8 Å². The lowest BCUT2D eigenvalue weighted by Crippen LogP contribution is -2.37. The third kappa shape index (κ3) is 1.36. The summed E-state index contributed by atoms with van der Waals surface area (Å²) in [5.74, 6) is -1.90. The number of fused-ring (bicyclic) bond motifs is 3. The van der Waals surface area contributed by atoms with Crippen LogP contribution in [0.15, 0.2) is 34.4 Å². The van der Waals surface area contributed by atoms with Gasteiger partial charge in [0.1, 0.15) is 6.10 Å². The van der Waals surface area contributed by atoms with E-state index in [0.717, 1.165) is 5.57 Å². The Hall–Kier alpha value is -1.88. The van der Waals surface area contributed by atoms with Gasteiger partial charge in [0, 0.05) is 11.1 Å². The molecule has 4 aliphatic rings. The number of hydrogen-bond donors (Lipinski definition) is 0. The minimum atomic E-state index is -1.18. The van der Waals surface area contributed by atoms with E-state index in [1.165, 1.54) is 0 Å². The van der Waals surface area contributed by atoms with E-state index in [2.05, 4.69) is 0 Å². The highest BCUT2D eigenvalue weighted by Gasteiger charge is 2.55. The maximum atomic E-state index is 11.9. The molecule has 104 valence electrons. The largest absolute Gasteiger partial charge is 0.450 e. The first-order valence-electron chi connectivity index (χ1n) is 6.73. The molecule has 0 unspecified atom stereocenters. The van der Waals surface area contributed by atoms with Gasteiger partial charge in [-0.15, -0.1) is 0 Å².